The minimum atomic E-state index is -3.67. The molecule has 0 aliphatic carbocycles. The lowest BCUT2D eigenvalue weighted by Crippen LogP contribution is -1.88. The molecule has 0 aromatic rings. The van der Waals surface area contributed by atoms with Crippen molar-refractivity contribution in [3.8, 4) is 0 Å². The molecule has 0 aliphatic rings. The van der Waals surface area contributed by atoms with Crippen LogP contribution < -0.4 is 0 Å². The molecule has 0 amide bonds. The van der Waals surface area contributed by atoms with Crippen LogP contribution in [0.5, 0.6) is 0 Å². The van der Waals surface area contributed by atoms with Crippen LogP contribution in [0.3, 0.4) is 0 Å². The number of hydrogen-bond acceptors (Lipinski definition) is 4. The molecule has 0 atom stereocenters. The SMILES string of the molecule is CS(=O)(=O)O.N=C=O. The maximum Gasteiger partial charge on any atom is 0.261 e. The summed E-state index contributed by atoms with van der Waals surface area (Å²) < 4.78 is 25.9. The van der Waals surface area contributed by atoms with Gasteiger partial charge in [-0.3, -0.25) is 4.55 Å². The first-order chi connectivity index (χ1) is 3.41. The molecule has 2 N–H and O–H groups in total. The summed E-state index contributed by atoms with van der Waals surface area (Å²) in [7, 11) is -3.67. The van der Waals surface area contributed by atoms with Gasteiger partial charge in [-0.05, 0) is 0 Å². The summed E-state index contributed by atoms with van der Waals surface area (Å²) in [6.07, 6.45) is 1.47. The van der Waals surface area contributed by atoms with E-state index in [-0.39, 0.29) is 0 Å². The fourth-order valence-corrected chi connectivity index (χ4v) is 0. The van der Waals surface area contributed by atoms with Crippen molar-refractivity contribution in [2.75, 3.05) is 6.26 Å². The van der Waals surface area contributed by atoms with Gasteiger partial charge in [-0.25, -0.2) is 10.2 Å². The van der Waals surface area contributed by atoms with Gasteiger partial charge in [-0.2, -0.15) is 8.42 Å². The highest BCUT2D eigenvalue weighted by molar-refractivity contribution is 7.85. The normalized spacial score (nSPS) is 8.25. The molecule has 0 saturated heterocycles. The Morgan fingerprint density at radius 2 is 1.62 bits per heavy atom. The van der Waals surface area contributed by atoms with Gasteiger partial charge < -0.3 is 0 Å². The Labute approximate surface area is 46.6 Å². The molecule has 0 aromatic heterocycles. The predicted molar refractivity (Wildman–Crippen MR) is 25.9 cm³/mol. The zero-order valence-corrected chi connectivity index (χ0v) is 4.90. The molecule has 8 heavy (non-hydrogen) atoms. The van der Waals surface area contributed by atoms with E-state index in [1.807, 2.05) is 0 Å². The Balaban J connectivity index is 0. The first-order valence-electron chi connectivity index (χ1n) is 1.38. The molecule has 5 nitrogen and oxygen atoms in total. The van der Waals surface area contributed by atoms with Crippen LogP contribution in [-0.4, -0.2) is 25.3 Å². The molecular weight excluding hydrogens is 134 g/mol. The maximum absolute atomic E-state index is 9.19. The third kappa shape index (κ3) is 193. The van der Waals surface area contributed by atoms with E-state index in [0.717, 1.165) is 6.08 Å². The van der Waals surface area contributed by atoms with Gasteiger partial charge in [-0.15, -0.1) is 0 Å². The lowest BCUT2D eigenvalue weighted by molar-refractivity contribution is 0.490. The van der Waals surface area contributed by atoms with Crippen LogP contribution in [-0.2, 0) is 14.9 Å². The van der Waals surface area contributed by atoms with Crippen LogP contribution in [0.2, 0.25) is 0 Å². The Morgan fingerprint density at radius 3 is 1.62 bits per heavy atom. The van der Waals surface area contributed by atoms with E-state index in [4.69, 9.17) is 14.8 Å². The highest BCUT2D eigenvalue weighted by Crippen LogP contribution is 1.60. The standard InChI is InChI=1S/CHNO.CH4O3S/c2-1-3;1-5(2,3)4/h2H;1H3,(H,2,3,4). The average Bonchev–Trinajstić information content (AvgIpc) is 1.27. The molecule has 0 aromatic carbocycles. The summed E-state index contributed by atoms with van der Waals surface area (Å²) >= 11 is 0. The highest BCUT2D eigenvalue weighted by atomic mass is 32.2. The van der Waals surface area contributed by atoms with Crippen molar-refractivity contribution < 1.29 is 17.8 Å². The Kier molecular flexibility index (Phi) is 5.73. The maximum atomic E-state index is 9.19. The first kappa shape index (κ1) is 10.3. The van der Waals surface area contributed by atoms with Gasteiger partial charge in [0.15, 0.2) is 0 Å². The Morgan fingerprint density at radius 1 is 1.62 bits per heavy atom. The summed E-state index contributed by atoms with van der Waals surface area (Å²) in [5.74, 6) is 0. The van der Waals surface area contributed by atoms with Crippen LogP contribution in [0.1, 0.15) is 0 Å². The topological polar surface area (TPSA) is 95.3 Å². The average molecular weight is 139 g/mol. The fraction of sp³-hybridized carbons (Fsp3) is 0.500. The second kappa shape index (κ2) is 4.45. The summed E-state index contributed by atoms with van der Waals surface area (Å²) in [4.78, 5) is 8.35. The van der Waals surface area contributed by atoms with Gasteiger partial charge in [0.25, 0.3) is 10.1 Å². The van der Waals surface area contributed by atoms with E-state index in [1.165, 1.54) is 0 Å². The molecule has 6 heteroatoms. The van der Waals surface area contributed by atoms with Gasteiger partial charge in [0.1, 0.15) is 0 Å². The van der Waals surface area contributed by atoms with E-state index >= 15 is 0 Å². The van der Waals surface area contributed by atoms with Crippen molar-refractivity contribution in [1.29, 1.82) is 5.41 Å². The van der Waals surface area contributed by atoms with E-state index in [1.54, 1.807) is 0 Å². The van der Waals surface area contributed by atoms with Crippen molar-refractivity contribution in [2.45, 2.75) is 0 Å². The number of carbonyl (C=O) groups excluding carboxylic acids is 1. The van der Waals surface area contributed by atoms with Crippen LogP contribution in [0.15, 0.2) is 0 Å². The van der Waals surface area contributed by atoms with E-state index < -0.39 is 10.1 Å². The highest BCUT2D eigenvalue weighted by Gasteiger charge is 1.81. The van der Waals surface area contributed by atoms with Crippen molar-refractivity contribution in [2.24, 2.45) is 0 Å². The lowest BCUT2D eigenvalue weighted by atomic mass is 11.7. The van der Waals surface area contributed by atoms with Gasteiger partial charge in [0.2, 0.25) is 6.08 Å². The van der Waals surface area contributed by atoms with Crippen molar-refractivity contribution >= 4 is 16.2 Å². The van der Waals surface area contributed by atoms with E-state index in [9.17, 15) is 8.42 Å². The molecule has 0 saturated carbocycles. The number of rotatable bonds is 0. The molecule has 0 radical (unpaired) electrons. The third-order valence-electron chi connectivity index (χ3n) is 0. The molecule has 0 heterocycles. The van der Waals surface area contributed by atoms with Crippen molar-refractivity contribution in [3.05, 3.63) is 0 Å². The molecule has 0 bridgehead atoms. The number of nitrogens with one attached hydrogen (secondary N) is 1. The molecular formula is C2H5NO4S. The monoisotopic (exact) mass is 139 g/mol. The fourth-order valence-electron chi connectivity index (χ4n) is 0. The smallest absolute Gasteiger partial charge is 0.261 e. The summed E-state index contributed by atoms with van der Waals surface area (Å²) in [6.45, 7) is 0. The largest absolute Gasteiger partial charge is 0.286 e. The Bertz CT molecular complexity index is 154. The predicted octanol–water partition coefficient (Wildman–Crippen LogP) is -0.595. The van der Waals surface area contributed by atoms with E-state index in [0.29, 0.717) is 6.26 Å². The second-order valence-electron chi connectivity index (χ2n) is 0.835. The summed E-state index contributed by atoms with van der Waals surface area (Å²) in [5, 5.41) is 5.40. The van der Waals surface area contributed by atoms with Crippen LogP contribution in [0.4, 0.5) is 0 Å². The third-order valence-corrected chi connectivity index (χ3v) is 0. The summed E-state index contributed by atoms with van der Waals surface area (Å²) in [5.41, 5.74) is 0. The first-order valence-corrected chi connectivity index (χ1v) is 3.23. The van der Waals surface area contributed by atoms with Gasteiger partial charge in [0, 0.05) is 0 Å². The molecule has 0 spiro atoms. The second-order valence-corrected chi connectivity index (χ2v) is 2.30. The van der Waals surface area contributed by atoms with Crippen LogP contribution in [0, 0.1) is 5.41 Å². The molecule has 0 unspecified atom stereocenters. The summed E-state index contributed by atoms with van der Waals surface area (Å²) in [6, 6.07) is 0. The van der Waals surface area contributed by atoms with Gasteiger partial charge in [-0.1, -0.05) is 0 Å². The lowest BCUT2D eigenvalue weighted by Gasteiger charge is -1.69. The zero-order valence-electron chi connectivity index (χ0n) is 4.08. The van der Waals surface area contributed by atoms with Crippen molar-refractivity contribution in [1.82, 2.24) is 0 Å². The van der Waals surface area contributed by atoms with Gasteiger partial charge in [0.05, 0.1) is 6.26 Å². The van der Waals surface area contributed by atoms with Crippen LogP contribution in [0.25, 0.3) is 0 Å². The minimum Gasteiger partial charge on any atom is -0.286 e. The number of hydrogen-bond donors (Lipinski definition) is 2. The molecule has 48 valence electrons. The van der Waals surface area contributed by atoms with Crippen LogP contribution >= 0.6 is 0 Å². The van der Waals surface area contributed by atoms with Crippen molar-refractivity contribution in [3.63, 3.8) is 0 Å². The molecule has 0 aliphatic heterocycles. The van der Waals surface area contributed by atoms with E-state index in [2.05, 4.69) is 0 Å². The molecule has 0 rings (SSSR count). The zero-order chi connectivity index (χ0) is 7.21. The quantitative estimate of drug-likeness (QED) is 0.266. The Hall–Kier alpha value is -0.710. The minimum absolute atomic E-state index is 0.715. The number of isocyanates is 1. The van der Waals surface area contributed by atoms with Gasteiger partial charge >= 0.3 is 0 Å². The molecule has 0 fully saturated rings.